The number of hydrogen-bond donors (Lipinski definition) is 2. The highest BCUT2D eigenvalue weighted by Crippen LogP contribution is 2.16. The highest BCUT2D eigenvalue weighted by Gasteiger charge is 2.23. The van der Waals surface area contributed by atoms with E-state index in [0.717, 1.165) is 10.2 Å². The summed E-state index contributed by atoms with van der Waals surface area (Å²) in [7, 11) is 0. The minimum atomic E-state index is -0.429. The molecule has 2 aromatic rings. The summed E-state index contributed by atoms with van der Waals surface area (Å²) in [6, 6.07) is 9.43. The fraction of sp³-hybridized carbons (Fsp3) is 0.286. The minimum Gasteiger partial charge on any atom is -0.291 e. The van der Waals surface area contributed by atoms with Crippen LogP contribution in [-0.2, 0) is 5.41 Å². The third-order valence-corrected chi connectivity index (χ3v) is 2.80. The summed E-state index contributed by atoms with van der Waals surface area (Å²) < 4.78 is 1.11. The largest absolute Gasteiger partial charge is 0.298 e. The SMILES string of the molecule is CC(C)(C)c1nnc(NN)n(/N=C/c2ccccc2)c1=O. The molecule has 110 valence electrons. The summed E-state index contributed by atoms with van der Waals surface area (Å²) in [5.41, 5.74) is 2.74. The molecular weight excluding hydrogens is 268 g/mol. The fourth-order valence-corrected chi connectivity index (χ4v) is 1.71. The molecule has 0 saturated heterocycles. The van der Waals surface area contributed by atoms with Crippen LogP contribution < -0.4 is 16.8 Å². The van der Waals surface area contributed by atoms with Gasteiger partial charge in [-0.2, -0.15) is 9.78 Å². The monoisotopic (exact) mass is 286 g/mol. The van der Waals surface area contributed by atoms with E-state index in [2.05, 4.69) is 20.7 Å². The zero-order valence-corrected chi connectivity index (χ0v) is 12.2. The van der Waals surface area contributed by atoms with Gasteiger partial charge in [0.15, 0.2) is 0 Å². The summed E-state index contributed by atoms with van der Waals surface area (Å²) in [5.74, 6) is 5.45. The van der Waals surface area contributed by atoms with Crippen molar-refractivity contribution in [3.63, 3.8) is 0 Å². The molecule has 0 saturated carbocycles. The van der Waals surface area contributed by atoms with Gasteiger partial charge < -0.3 is 0 Å². The topological polar surface area (TPSA) is 98.2 Å². The van der Waals surface area contributed by atoms with E-state index in [4.69, 9.17) is 5.84 Å². The predicted molar refractivity (Wildman–Crippen MR) is 82.2 cm³/mol. The van der Waals surface area contributed by atoms with E-state index in [1.807, 2.05) is 51.1 Å². The van der Waals surface area contributed by atoms with Crippen molar-refractivity contribution < 1.29 is 0 Å². The molecule has 0 unspecified atom stereocenters. The van der Waals surface area contributed by atoms with Crippen molar-refractivity contribution in [1.82, 2.24) is 14.9 Å². The Balaban J connectivity index is 2.51. The Morgan fingerprint density at radius 2 is 1.90 bits per heavy atom. The molecule has 0 amide bonds. The predicted octanol–water partition coefficient (Wildman–Crippen LogP) is 1.10. The molecule has 0 aliphatic rings. The van der Waals surface area contributed by atoms with Gasteiger partial charge in [-0.1, -0.05) is 51.1 Å². The van der Waals surface area contributed by atoms with Gasteiger partial charge in [0, 0.05) is 5.41 Å². The lowest BCUT2D eigenvalue weighted by Gasteiger charge is -2.17. The van der Waals surface area contributed by atoms with Crippen LogP contribution in [0.15, 0.2) is 40.2 Å². The van der Waals surface area contributed by atoms with E-state index in [-0.39, 0.29) is 11.5 Å². The Morgan fingerprint density at radius 3 is 2.48 bits per heavy atom. The summed E-state index contributed by atoms with van der Waals surface area (Å²) in [6.07, 6.45) is 1.57. The molecule has 0 aliphatic heterocycles. The number of nitrogen functional groups attached to an aromatic ring is 1. The second-order valence-corrected chi connectivity index (χ2v) is 5.54. The van der Waals surface area contributed by atoms with Crippen LogP contribution in [0.1, 0.15) is 32.0 Å². The molecule has 21 heavy (non-hydrogen) atoms. The molecular formula is C14H18N6O. The van der Waals surface area contributed by atoms with Gasteiger partial charge in [0.05, 0.1) is 6.21 Å². The molecule has 7 nitrogen and oxygen atoms in total. The van der Waals surface area contributed by atoms with Gasteiger partial charge in [0.25, 0.3) is 11.5 Å². The summed E-state index contributed by atoms with van der Waals surface area (Å²) in [4.78, 5) is 12.5. The second kappa shape index (κ2) is 5.84. The molecule has 0 fully saturated rings. The van der Waals surface area contributed by atoms with Crippen LogP contribution in [0.25, 0.3) is 0 Å². The highest BCUT2D eigenvalue weighted by molar-refractivity contribution is 5.79. The van der Waals surface area contributed by atoms with E-state index < -0.39 is 5.41 Å². The average molecular weight is 286 g/mol. The van der Waals surface area contributed by atoms with Gasteiger partial charge in [-0.15, -0.1) is 10.2 Å². The van der Waals surface area contributed by atoms with Gasteiger partial charge in [-0.05, 0) is 5.56 Å². The number of hydrogen-bond acceptors (Lipinski definition) is 6. The van der Waals surface area contributed by atoms with E-state index in [1.54, 1.807) is 6.21 Å². The Bertz CT molecular complexity index is 700. The second-order valence-electron chi connectivity index (χ2n) is 5.54. The van der Waals surface area contributed by atoms with Crippen molar-refractivity contribution in [3.05, 3.63) is 51.9 Å². The first-order valence-corrected chi connectivity index (χ1v) is 6.49. The third-order valence-electron chi connectivity index (χ3n) is 2.80. The van der Waals surface area contributed by atoms with Crippen LogP contribution >= 0.6 is 0 Å². The number of anilines is 1. The van der Waals surface area contributed by atoms with Crippen molar-refractivity contribution >= 4 is 12.2 Å². The number of nitrogens with zero attached hydrogens (tertiary/aromatic N) is 4. The molecule has 2 rings (SSSR count). The van der Waals surface area contributed by atoms with E-state index in [0.29, 0.717) is 5.69 Å². The average Bonchev–Trinajstić information content (AvgIpc) is 2.45. The number of nitrogens with one attached hydrogen (secondary N) is 1. The van der Waals surface area contributed by atoms with Crippen molar-refractivity contribution in [2.75, 3.05) is 5.43 Å². The maximum atomic E-state index is 12.5. The molecule has 3 N–H and O–H groups in total. The Kier molecular flexibility index (Phi) is 4.13. The zero-order chi connectivity index (χ0) is 15.5. The number of rotatable bonds is 3. The quantitative estimate of drug-likeness (QED) is 0.500. The van der Waals surface area contributed by atoms with E-state index >= 15 is 0 Å². The minimum absolute atomic E-state index is 0.0835. The Labute approximate surface area is 122 Å². The van der Waals surface area contributed by atoms with Crippen LogP contribution in [0.5, 0.6) is 0 Å². The lowest BCUT2D eigenvalue weighted by Crippen LogP contribution is -2.34. The summed E-state index contributed by atoms with van der Waals surface area (Å²) >= 11 is 0. The third kappa shape index (κ3) is 3.32. The van der Waals surface area contributed by atoms with Crippen molar-refractivity contribution in [2.45, 2.75) is 26.2 Å². The van der Waals surface area contributed by atoms with Crippen LogP contribution in [-0.4, -0.2) is 21.1 Å². The molecule has 7 heteroatoms. The molecule has 1 aromatic heterocycles. The lowest BCUT2D eigenvalue weighted by molar-refractivity contribution is 0.534. The number of hydrazine groups is 1. The first-order valence-electron chi connectivity index (χ1n) is 6.49. The highest BCUT2D eigenvalue weighted by atomic mass is 16.1. The van der Waals surface area contributed by atoms with Crippen LogP contribution in [0.3, 0.4) is 0 Å². The smallest absolute Gasteiger partial charge is 0.291 e. The normalized spacial score (nSPS) is 11.8. The van der Waals surface area contributed by atoms with E-state index in [1.165, 1.54) is 0 Å². The zero-order valence-electron chi connectivity index (χ0n) is 12.2. The number of benzene rings is 1. The number of aromatic nitrogens is 3. The molecule has 1 aromatic carbocycles. The van der Waals surface area contributed by atoms with Crippen LogP contribution in [0.4, 0.5) is 5.95 Å². The maximum Gasteiger partial charge on any atom is 0.298 e. The van der Waals surface area contributed by atoms with Crippen molar-refractivity contribution in [3.8, 4) is 0 Å². The lowest BCUT2D eigenvalue weighted by atomic mass is 9.93. The van der Waals surface area contributed by atoms with Crippen molar-refractivity contribution in [1.29, 1.82) is 0 Å². The van der Waals surface area contributed by atoms with E-state index in [9.17, 15) is 4.79 Å². The van der Waals surface area contributed by atoms with Crippen LogP contribution in [0.2, 0.25) is 0 Å². The molecule has 0 aliphatic carbocycles. The first-order chi connectivity index (χ1) is 9.93. The molecule has 1 heterocycles. The first kappa shape index (κ1) is 14.9. The maximum absolute atomic E-state index is 12.5. The Morgan fingerprint density at radius 1 is 1.24 bits per heavy atom. The molecule has 0 spiro atoms. The Hall–Kier alpha value is -2.54. The molecule has 0 radical (unpaired) electrons. The summed E-state index contributed by atoms with van der Waals surface area (Å²) in [6.45, 7) is 5.66. The van der Waals surface area contributed by atoms with Gasteiger partial charge in [-0.3, -0.25) is 10.2 Å². The number of nitrogens with two attached hydrogens (primary N) is 1. The summed E-state index contributed by atoms with van der Waals surface area (Å²) in [5, 5.41) is 12.0. The van der Waals surface area contributed by atoms with Gasteiger partial charge in [-0.25, -0.2) is 5.84 Å². The van der Waals surface area contributed by atoms with Gasteiger partial charge >= 0.3 is 0 Å². The molecule has 0 atom stereocenters. The van der Waals surface area contributed by atoms with Crippen molar-refractivity contribution in [2.24, 2.45) is 10.9 Å². The standard InChI is InChI=1S/C14H18N6O/c1-14(2,3)11-12(21)20(13(17-15)19-18-11)16-9-10-7-5-4-6-8-10/h4-9H,15H2,1-3H3,(H,17,19)/b16-9+. The fourth-order valence-electron chi connectivity index (χ4n) is 1.71. The van der Waals surface area contributed by atoms with Gasteiger partial charge in [0.2, 0.25) is 0 Å². The molecule has 0 bridgehead atoms. The van der Waals surface area contributed by atoms with Gasteiger partial charge in [0.1, 0.15) is 5.69 Å². The van der Waals surface area contributed by atoms with Crippen LogP contribution in [0, 0.1) is 0 Å².